The highest BCUT2D eigenvalue weighted by Gasteiger charge is 2.21. The molecule has 1 atom stereocenters. The summed E-state index contributed by atoms with van der Waals surface area (Å²) in [7, 11) is 0. The van der Waals surface area contributed by atoms with Crippen molar-refractivity contribution in [2.75, 3.05) is 13.2 Å². The first-order chi connectivity index (χ1) is 11.8. The summed E-state index contributed by atoms with van der Waals surface area (Å²) in [5.74, 6) is 0. The maximum atomic E-state index is 9.12. The number of nitrogens with zero attached hydrogens (tertiary/aromatic N) is 2. The molecule has 0 aliphatic heterocycles. The van der Waals surface area contributed by atoms with Crippen molar-refractivity contribution in [3.63, 3.8) is 0 Å². The van der Waals surface area contributed by atoms with Crippen LogP contribution in [-0.4, -0.2) is 33.6 Å². The second-order valence-corrected chi connectivity index (χ2v) is 7.36. The van der Waals surface area contributed by atoms with Crippen molar-refractivity contribution in [2.45, 2.75) is 59.3 Å². The van der Waals surface area contributed by atoms with Gasteiger partial charge >= 0.3 is 0 Å². The van der Waals surface area contributed by atoms with Crippen molar-refractivity contribution in [3.05, 3.63) is 52.8 Å². The van der Waals surface area contributed by atoms with Crippen LogP contribution in [0.2, 0.25) is 0 Å². The molecule has 25 heavy (non-hydrogen) atoms. The quantitative estimate of drug-likeness (QED) is 0.654. The van der Waals surface area contributed by atoms with Crippen LogP contribution in [0.5, 0.6) is 0 Å². The van der Waals surface area contributed by atoms with Gasteiger partial charge in [0.2, 0.25) is 0 Å². The first-order valence-electron chi connectivity index (χ1n) is 9.01. The molecule has 2 aromatic rings. The van der Waals surface area contributed by atoms with Gasteiger partial charge in [-0.15, -0.1) is 0 Å². The molecule has 0 radical (unpaired) electrons. The van der Waals surface area contributed by atoms with Crippen LogP contribution >= 0.6 is 0 Å². The molecule has 0 saturated heterocycles. The van der Waals surface area contributed by atoms with Gasteiger partial charge in [0, 0.05) is 35.9 Å². The third-order valence-electron chi connectivity index (χ3n) is 4.62. The maximum Gasteiger partial charge on any atom is 0.0644 e. The lowest BCUT2D eigenvalue weighted by molar-refractivity contribution is 0.267. The maximum absolute atomic E-state index is 9.12. The number of aliphatic hydroxyl groups is 1. The first-order valence-corrected chi connectivity index (χ1v) is 9.01. The number of benzene rings is 1. The summed E-state index contributed by atoms with van der Waals surface area (Å²) in [6.07, 6.45) is 0. The zero-order valence-electron chi connectivity index (χ0n) is 16.1. The second-order valence-electron chi connectivity index (χ2n) is 7.36. The third-order valence-corrected chi connectivity index (χ3v) is 4.62. The average molecular weight is 345 g/mol. The summed E-state index contributed by atoms with van der Waals surface area (Å²) in [4.78, 5) is 0. The molecule has 0 unspecified atom stereocenters. The lowest BCUT2D eigenvalue weighted by Gasteiger charge is -2.31. The van der Waals surface area contributed by atoms with Crippen molar-refractivity contribution in [1.29, 1.82) is 0 Å². The van der Waals surface area contributed by atoms with Gasteiger partial charge in [0.25, 0.3) is 0 Å². The molecule has 1 aromatic carbocycles. The average Bonchev–Trinajstić information content (AvgIpc) is 2.83. The minimum atomic E-state index is -0.0296. The second kappa shape index (κ2) is 8.61. The van der Waals surface area contributed by atoms with Gasteiger partial charge in [-0.05, 0) is 40.2 Å². The molecule has 5 heteroatoms. The van der Waals surface area contributed by atoms with Crippen LogP contribution < -0.4 is 10.6 Å². The lowest BCUT2D eigenvalue weighted by Crippen LogP contribution is -2.48. The summed E-state index contributed by atoms with van der Waals surface area (Å²) in [6.45, 7) is 13.0. The van der Waals surface area contributed by atoms with E-state index in [9.17, 15) is 0 Å². The summed E-state index contributed by atoms with van der Waals surface area (Å²) in [5, 5.41) is 20.9. The van der Waals surface area contributed by atoms with Gasteiger partial charge in [0.15, 0.2) is 0 Å². The predicted molar refractivity (Wildman–Crippen MR) is 103 cm³/mol. The Bertz CT molecular complexity index is 664. The van der Waals surface area contributed by atoms with E-state index in [4.69, 9.17) is 5.11 Å². The molecule has 0 aliphatic rings. The van der Waals surface area contributed by atoms with Gasteiger partial charge in [-0.25, -0.2) is 0 Å². The fraction of sp³-hybridized carbons (Fsp3) is 0.550. The number of rotatable bonds is 9. The Morgan fingerprint density at radius 1 is 1.20 bits per heavy atom. The third kappa shape index (κ3) is 5.39. The van der Waals surface area contributed by atoms with E-state index in [1.165, 1.54) is 11.1 Å². The molecule has 3 N–H and O–H groups in total. The molecule has 0 aliphatic carbocycles. The first kappa shape index (κ1) is 19.6. The van der Waals surface area contributed by atoms with Crippen molar-refractivity contribution < 1.29 is 5.11 Å². The molecule has 1 heterocycles. The Hall–Kier alpha value is -1.69. The van der Waals surface area contributed by atoms with Crippen LogP contribution in [0.25, 0.3) is 0 Å². The molecular formula is C20H32N4O. The molecule has 0 spiro atoms. The van der Waals surface area contributed by atoms with Crippen molar-refractivity contribution in [1.82, 2.24) is 20.4 Å². The Labute approximate surface area is 151 Å². The summed E-state index contributed by atoms with van der Waals surface area (Å²) in [6, 6.07) is 10.8. The van der Waals surface area contributed by atoms with Gasteiger partial charge in [-0.3, -0.25) is 4.68 Å². The summed E-state index contributed by atoms with van der Waals surface area (Å²) < 4.78 is 1.88. The summed E-state index contributed by atoms with van der Waals surface area (Å²) in [5.41, 5.74) is 4.65. The van der Waals surface area contributed by atoms with E-state index in [-0.39, 0.29) is 12.1 Å². The van der Waals surface area contributed by atoms with E-state index in [1.54, 1.807) is 0 Å². The normalized spacial score (nSPS) is 13.2. The highest BCUT2D eigenvalue weighted by atomic mass is 16.3. The molecule has 0 bridgehead atoms. The SMILES string of the molecule is Cc1nn(CCO)c(C)c1CNCC(C)(C)N[C@H](C)c1ccccc1. The largest absolute Gasteiger partial charge is 0.394 e. The van der Waals surface area contributed by atoms with Gasteiger partial charge < -0.3 is 15.7 Å². The molecule has 2 rings (SSSR count). The molecule has 5 nitrogen and oxygen atoms in total. The van der Waals surface area contributed by atoms with Crippen LogP contribution in [0.3, 0.4) is 0 Å². The number of aryl methyl sites for hydroxylation is 1. The van der Waals surface area contributed by atoms with Crippen molar-refractivity contribution >= 4 is 0 Å². The minimum Gasteiger partial charge on any atom is -0.394 e. The van der Waals surface area contributed by atoms with Gasteiger partial charge in [0.05, 0.1) is 18.8 Å². The summed E-state index contributed by atoms with van der Waals surface area (Å²) >= 11 is 0. The van der Waals surface area contributed by atoms with E-state index < -0.39 is 0 Å². The smallest absolute Gasteiger partial charge is 0.0644 e. The van der Waals surface area contributed by atoms with Gasteiger partial charge in [-0.1, -0.05) is 30.3 Å². The molecule has 0 amide bonds. The monoisotopic (exact) mass is 344 g/mol. The molecular weight excluding hydrogens is 312 g/mol. The fourth-order valence-electron chi connectivity index (χ4n) is 3.26. The number of aliphatic hydroxyl groups excluding tert-OH is 1. The molecule has 138 valence electrons. The van der Waals surface area contributed by atoms with E-state index in [1.807, 2.05) is 17.7 Å². The molecule has 0 fully saturated rings. The van der Waals surface area contributed by atoms with Crippen molar-refractivity contribution in [2.24, 2.45) is 0 Å². The number of aromatic nitrogens is 2. The number of hydrogen-bond acceptors (Lipinski definition) is 4. The molecule has 1 aromatic heterocycles. The predicted octanol–water partition coefficient (Wildman–Crippen LogP) is 2.71. The van der Waals surface area contributed by atoms with Crippen LogP contribution in [0, 0.1) is 13.8 Å². The van der Waals surface area contributed by atoms with E-state index in [0.29, 0.717) is 12.6 Å². The fourth-order valence-corrected chi connectivity index (χ4v) is 3.26. The van der Waals surface area contributed by atoms with E-state index in [2.05, 4.69) is 67.7 Å². The van der Waals surface area contributed by atoms with E-state index >= 15 is 0 Å². The Morgan fingerprint density at radius 2 is 1.88 bits per heavy atom. The van der Waals surface area contributed by atoms with Crippen LogP contribution in [0.1, 0.15) is 49.3 Å². The highest BCUT2D eigenvalue weighted by Crippen LogP contribution is 2.17. The zero-order valence-corrected chi connectivity index (χ0v) is 16.1. The van der Waals surface area contributed by atoms with Gasteiger partial charge in [0.1, 0.15) is 0 Å². The number of nitrogens with one attached hydrogen (secondary N) is 2. The standard InChI is InChI=1S/C20H32N4O/c1-15(18-9-7-6-8-10-18)22-20(4,5)14-21-13-19-16(2)23-24(11-12-25)17(19)3/h6-10,15,21-22,25H,11-14H2,1-5H3/t15-/m1/s1. The minimum absolute atomic E-state index is 0.0296. The lowest BCUT2D eigenvalue weighted by atomic mass is 10.0. The van der Waals surface area contributed by atoms with Crippen LogP contribution in [0.4, 0.5) is 0 Å². The highest BCUT2D eigenvalue weighted by molar-refractivity contribution is 5.24. The Balaban J connectivity index is 1.90. The van der Waals surface area contributed by atoms with Crippen LogP contribution in [-0.2, 0) is 13.1 Å². The topological polar surface area (TPSA) is 62.1 Å². The van der Waals surface area contributed by atoms with E-state index in [0.717, 1.165) is 24.5 Å². The van der Waals surface area contributed by atoms with Gasteiger partial charge in [-0.2, -0.15) is 5.10 Å². The zero-order chi connectivity index (χ0) is 18.4. The van der Waals surface area contributed by atoms with Crippen molar-refractivity contribution in [3.8, 4) is 0 Å². The molecule has 0 saturated carbocycles. The van der Waals surface area contributed by atoms with Crippen LogP contribution in [0.15, 0.2) is 30.3 Å². The Morgan fingerprint density at radius 3 is 2.52 bits per heavy atom. The number of hydrogen-bond donors (Lipinski definition) is 3. The Kier molecular flexibility index (Phi) is 6.76.